The topological polar surface area (TPSA) is 55.8 Å². The Bertz CT molecular complexity index is 1100. The molecule has 0 radical (unpaired) electrons. The molecule has 0 bridgehead atoms. The van der Waals surface area contributed by atoms with Crippen LogP contribution in [0, 0.1) is 6.92 Å². The van der Waals surface area contributed by atoms with Crippen molar-refractivity contribution in [3.8, 4) is 17.2 Å². The molecule has 1 N–H and O–H groups in total. The monoisotopic (exact) mass is 442 g/mol. The molecule has 0 unspecified atom stereocenters. The van der Waals surface area contributed by atoms with Gasteiger partial charge in [0.25, 0.3) is 0 Å². The van der Waals surface area contributed by atoms with E-state index in [2.05, 4.69) is 0 Å². The maximum atomic E-state index is 12.6. The minimum absolute atomic E-state index is 0.0922. The molecule has 0 aromatic heterocycles. The minimum Gasteiger partial charge on any atom is -0.489 e. The van der Waals surface area contributed by atoms with E-state index in [4.69, 9.17) is 14.6 Å². The summed E-state index contributed by atoms with van der Waals surface area (Å²) in [7, 11) is 0. The van der Waals surface area contributed by atoms with Gasteiger partial charge in [-0.15, -0.1) is 0 Å². The zero-order valence-electron chi connectivity index (χ0n) is 17.2. The van der Waals surface area contributed by atoms with Crippen molar-refractivity contribution in [2.24, 2.45) is 0 Å². The van der Waals surface area contributed by atoms with Crippen LogP contribution in [0.3, 0.4) is 0 Å². The molecule has 0 aliphatic rings. The lowest BCUT2D eigenvalue weighted by Gasteiger charge is -2.11. The molecule has 0 spiro atoms. The normalized spacial score (nSPS) is 11.5. The van der Waals surface area contributed by atoms with Crippen molar-refractivity contribution in [2.75, 3.05) is 6.61 Å². The van der Waals surface area contributed by atoms with Crippen LogP contribution in [-0.4, -0.2) is 17.7 Å². The molecule has 7 heteroatoms. The van der Waals surface area contributed by atoms with Crippen molar-refractivity contribution in [2.45, 2.75) is 19.5 Å². The van der Waals surface area contributed by atoms with E-state index in [0.717, 1.165) is 17.7 Å². The molecule has 4 nitrogen and oxygen atoms in total. The molecule has 3 aromatic carbocycles. The first-order valence-corrected chi connectivity index (χ1v) is 9.76. The average molecular weight is 442 g/mol. The second kappa shape index (κ2) is 10.0. The van der Waals surface area contributed by atoms with Crippen molar-refractivity contribution in [3.63, 3.8) is 0 Å². The minimum atomic E-state index is -4.35. The lowest BCUT2D eigenvalue weighted by atomic mass is 10.1. The maximum absolute atomic E-state index is 12.6. The number of aliphatic carboxylic acids is 1. The predicted molar refractivity (Wildman–Crippen MR) is 115 cm³/mol. The number of alkyl halides is 3. The predicted octanol–water partition coefficient (Wildman–Crippen LogP) is 6.53. The van der Waals surface area contributed by atoms with Gasteiger partial charge in [0, 0.05) is 6.07 Å². The van der Waals surface area contributed by atoms with Gasteiger partial charge >= 0.3 is 12.1 Å². The highest BCUT2D eigenvalue weighted by atomic mass is 19.4. The summed E-state index contributed by atoms with van der Waals surface area (Å²) in [5, 5.41) is 8.97. The summed E-state index contributed by atoms with van der Waals surface area (Å²) >= 11 is 0. The third-order valence-electron chi connectivity index (χ3n) is 4.54. The van der Waals surface area contributed by atoms with Gasteiger partial charge in [0.15, 0.2) is 0 Å². The molecule has 0 saturated carbocycles. The van der Waals surface area contributed by atoms with Gasteiger partial charge in [-0.2, -0.15) is 13.2 Å². The Labute approximate surface area is 183 Å². The fourth-order valence-corrected chi connectivity index (χ4v) is 2.91. The second-order valence-electron chi connectivity index (χ2n) is 7.08. The van der Waals surface area contributed by atoms with Crippen molar-refractivity contribution in [1.82, 2.24) is 0 Å². The molecule has 0 heterocycles. The number of hydrogen-bond acceptors (Lipinski definition) is 3. The van der Waals surface area contributed by atoms with Crippen molar-refractivity contribution in [1.29, 1.82) is 0 Å². The van der Waals surface area contributed by atoms with E-state index in [1.165, 1.54) is 12.1 Å². The Morgan fingerprint density at radius 1 is 1.00 bits per heavy atom. The highest BCUT2D eigenvalue weighted by Crippen LogP contribution is 2.30. The van der Waals surface area contributed by atoms with Gasteiger partial charge in [0.1, 0.15) is 23.9 Å². The number of carboxylic acids is 1. The molecule has 0 aliphatic heterocycles. The van der Waals surface area contributed by atoms with Gasteiger partial charge in [0.2, 0.25) is 0 Å². The summed E-state index contributed by atoms with van der Waals surface area (Å²) in [4.78, 5) is 10.9. The lowest BCUT2D eigenvalue weighted by molar-refractivity contribution is -0.138. The van der Waals surface area contributed by atoms with Crippen LogP contribution in [-0.2, 0) is 17.4 Å². The second-order valence-corrected chi connectivity index (χ2v) is 7.08. The number of hydrogen-bond donors (Lipinski definition) is 1. The van der Waals surface area contributed by atoms with Crippen LogP contribution in [0.5, 0.6) is 17.2 Å². The van der Waals surface area contributed by atoms with Crippen molar-refractivity contribution in [3.05, 3.63) is 95.1 Å². The third-order valence-corrected chi connectivity index (χ3v) is 4.54. The van der Waals surface area contributed by atoms with E-state index in [1.54, 1.807) is 54.6 Å². The average Bonchev–Trinajstić information content (AvgIpc) is 2.73. The lowest BCUT2D eigenvalue weighted by Crippen LogP contribution is -2.03. The Hall–Kier alpha value is -3.74. The van der Waals surface area contributed by atoms with Gasteiger partial charge < -0.3 is 14.6 Å². The number of carboxylic acid groups (broad SMARTS) is 1. The number of benzene rings is 3. The summed E-state index contributed by atoms with van der Waals surface area (Å²) in [5.74, 6) is 0.728. The molecular formula is C25H21F3O4. The maximum Gasteiger partial charge on any atom is 0.416 e. The Morgan fingerprint density at radius 2 is 1.72 bits per heavy atom. The molecule has 32 heavy (non-hydrogen) atoms. The van der Waals surface area contributed by atoms with Crippen LogP contribution >= 0.6 is 0 Å². The van der Waals surface area contributed by atoms with Crippen LogP contribution in [0.15, 0.2) is 72.8 Å². The van der Waals surface area contributed by atoms with Crippen LogP contribution in [0.4, 0.5) is 13.2 Å². The largest absolute Gasteiger partial charge is 0.489 e. The first-order chi connectivity index (χ1) is 15.2. The molecule has 0 amide bonds. The molecule has 0 fully saturated rings. The van der Waals surface area contributed by atoms with Crippen LogP contribution in [0.25, 0.3) is 6.08 Å². The van der Waals surface area contributed by atoms with Crippen molar-refractivity contribution < 1.29 is 32.5 Å². The highest BCUT2D eigenvalue weighted by Gasteiger charge is 2.29. The van der Waals surface area contributed by atoms with Gasteiger partial charge in [0.05, 0.1) is 12.0 Å². The van der Waals surface area contributed by atoms with Crippen LogP contribution < -0.4 is 9.47 Å². The van der Waals surface area contributed by atoms with E-state index in [1.807, 2.05) is 6.92 Å². The molecule has 0 aliphatic carbocycles. The summed E-state index contributed by atoms with van der Waals surface area (Å²) < 4.78 is 49.4. The van der Waals surface area contributed by atoms with Crippen molar-refractivity contribution >= 4 is 12.0 Å². The van der Waals surface area contributed by atoms with E-state index in [9.17, 15) is 18.0 Å². The smallest absolute Gasteiger partial charge is 0.416 e. The van der Waals surface area contributed by atoms with Gasteiger partial charge in [-0.05, 0) is 60.0 Å². The molecule has 3 rings (SSSR count). The van der Waals surface area contributed by atoms with E-state index in [0.29, 0.717) is 28.4 Å². The number of aryl methyl sites for hydroxylation is 1. The summed E-state index contributed by atoms with van der Waals surface area (Å²) in [6, 6.07) is 17.1. The summed E-state index contributed by atoms with van der Waals surface area (Å²) in [6.07, 6.45) is -1.06. The fourth-order valence-electron chi connectivity index (χ4n) is 2.91. The zero-order valence-corrected chi connectivity index (χ0v) is 17.2. The number of ether oxygens (including phenoxy) is 2. The van der Waals surface area contributed by atoms with Gasteiger partial charge in [-0.25, -0.2) is 0 Å². The van der Waals surface area contributed by atoms with Gasteiger partial charge in [-0.3, -0.25) is 4.79 Å². The molecule has 0 saturated heterocycles. The van der Waals surface area contributed by atoms with Crippen LogP contribution in [0.1, 0.15) is 22.3 Å². The number of rotatable bonds is 8. The Morgan fingerprint density at radius 3 is 2.41 bits per heavy atom. The highest BCUT2D eigenvalue weighted by molar-refractivity contribution is 5.70. The zero-order chi connectivity index (χ0) is 23.1. The molecular weight excluding hydrogens is 421 g/mol. The quantitative estimate of drug-likeness (QED) is 0.431. The molecule has 166 valence electrons. The third kappa shape index (κ3) is 6.63. The molecule has 3 aromatic rings. The van der Waals surface area contributed by atoms with E-state index < -0.39 is 17.7 Å². The number of carbonyl (C=O) groups is 1. The SMILES string of the molecule is Cc1ccc(CC(=O)O)cc1Oc1cccc(OCC=Cc2ccc(C(F)(F)F)cc2)c1. The first-order valence-electron chi connectivity index (χ1n) is 9.76. The van der Waals surface area contributed by atoms with E-state index >= 15 is 0 Å². The summed E-state index contributed by atoms with van der Waals surface area (Å²) in [5.41, 5.74) is 1.45. The van der Waals surface area contributed by atoms with Crippen LogP contribution in [0.2, 0.25) is 0 Å². The Kier molecular flexibility index (Phi) is 7.20. The number of halogens is 3. The van der Waals surface area contributed by atoms with E-state index in [-0.39, 0.29) is 13.0 Å². The van der Waals surface area contributed by atoms with Gasteiger partial charge in [-0.1, -0.05) is 36.4 Å². The fraction of sp³-hybridized carbons (Fsp3) is 0.160. The molecule has 0 atom stereocenters. The standard InChI is InChI=1S/C25H21F3O4/c1-17-7-8-19(15-24(29)30)14-23(17)32-22-6-2-5-21(16-22)31-13-3-4-18-9-11-20(12-10-18)25(26,27)28/h2-12,14,16H,13,15H2,1H3,(H,29,30). The first kappa shape index (κ1) is 22.9. The summed E-state index contributed by atoms with van der Waals surface area (Å²) in [6.45, 7) is 2.09. The Balaban J connectivity index is 1.60.